The van der Waals surface area contributed by atoms with E-state index in [1.54, 1.807) is 0 Å². The van der Waals surface area contributed by atoms with Crippen LogP contribution in [-0.2, 0) is 0 Å². The first-order valence-corrected chi connectivity index (χ1v) is 6.95. The van der Waals surface area contributed by atoms with Crippen molar-refractivity contribution in [2.45, 2.75) is 38.9 Å². The quantitative estimate of drug-likeness (QED) is 0.436. The van der Waals surface area contributed by atoms with Gasteiger partial charge in [0.15, 0.2) is 6.29 Å². The van der Waals surface area contributed by atoms with Crippen LogP contribution in [0.4, 0.5) is 0 Å². The Morgan fingerprint density at radius 2 is 2.15 bits per heavy atom. The average Bonchev–Trinajstić information content (AvgIpc) is 2.61. The minimum Gasteiger partial charge on any atom is -0.368 e. The minimum atomic E-state index is -1.10. The molecule has 1 rings (SSSR count). The molecule has 78 valence electrons. The lowest BCUT2D eigenvalue weighted by Crippen LogP contribution is -2.02. The molecule has 0 saturated carbocycles. The average molecular weight is 222 g/mol. The molecule has 0 aromatic carbocycles. The summed E-state index contributed by atoms with van der Waals surface area (Å²) in [7, 11) is 3.69. The highest BCUT2D eigenvalue weighted by molar-refractivity contribution is 8.78. The van der Waals surface area contributed by atoms with Crippen molar-refractivity contribution in [2.75, 3.05) is 5.75 Å². The molecule has 4 heteroatoms. The van der Waals surface area contributed by atoms with Gasteiger partial charge in [-0.15, -0.1) is 0 Å². The van der Waals surface area contributed by atoms with Crippen LogP contribution in [0.2, 0.25) is 0 Å². The first kappa shape index (κ1) is 13.4. The molecule has 0 aromatic heterocycles. The van der Waals surface area contributed by atoms with Crippen molar-refractivity contribution < 1.29 is 10.2 Å². The van der Waals surface area contributed by atoms with Crippen LogP contribution in [0.25, 0.3) is 0 Å². The number of rotatable bonds is 4. The normalized spacial score (nSPS) is 14.5. The molecule has 0 aliphatic carbocycles. The van der Waals surface area contributed by atoms with Crippen LogP contribution in [0.15, 0.2) is 11.5 Å². The Balaban J connectivity index is 0.000000243. The highest BCUT2D eigenvalue weighted by atomic mass is 33.1. The maximum absolute atomic E-state index is 8.33. The summed E-state index contributed by atoms with van der Waals surface area (Å²) in [4.78, 5) is 0. The summed E-state index contributed by atoms with van der Waals surface area (Å²) in [5, 5.41) is 18.8. The Hall–Kier alpha value is 0.360. The summed E-state index contributed by atoms with van der Waals surface area (Å²) in [6.45, 7) is 2.09. The van der Waals surface area contributed by atoms with Crippen LogP contribution in [0.5, 0.6) is 0 Å². The molecule has 0 bridgehead atoms. The van der Waals surface area contributed by atoms with Crippen molar-refractivity contribution >= 4 is 21.6 Å². The van der Waals surface area contributed by atoms with Crippen LogP contribution >= 0.6 is 21.6 Å². The molecule has 1 aliphatic heterocycles. The zero-order chi connectivity index (χ0) is 9.94. The summed E-state index contributed by atoms with van der Waals surface area (Å²) < 4.78 is 0. The largest absolute Gasteiger partial charge is 0.368 e. The topological polar surface area (TPSA) is 40.5 Å². The van der Waals surface area contributed by atoms with E-state index in [1.165, 1.54) is 5.75 Å². The van der Waals surface area contributed by atoms with Gasteiger partial charge in [0, 0.05) is 5.75 Å². The maximum atomic E-state index is 8.33. The Kier molecular flexibility index (Phi) is 10.7. The second kappa shape index (κ2) is 10.4. The molecule has 0 atom stereocenters. The van der Waals surface area contributed by atoms with E-state index in [2.05, 4.69) is 18.4 Å². The van der Waals surface area contributed by atoms with Gasteiger partial charge < -0.3 is 10.2 Å². The Bertz CT molecular complexity index is 121. The summed E-state index contributed by atoms with van der Waals surface area (Å²) in [6.07, 6.45) is 4.74. The zero-order valence-electron chi connectivity index (χ0n) is 7.98. The lowest BCUT2D eigenvalue weighted by atomic mass is 10.2. The first-order chi connectivity index (χ1) is 6.27. The smallest absolute Gasteiger partial charge is 0.151 e. The van der Waals surface area contributed by atoms with Gasteiger partial charge in [0.05, 0.1) is 0 Å². The molecule has 0 aromatic rings. The van der Waals surface area contributed by atoms with Crippen LogP contribution in [0.3, 0.4) is 0 Å². The van der Waals surface area contributed by atoms with E-state index in [-0.39, 0.29) is 0 Å². The van der Waals surface area contributed by atoms with E-state index in [9.17, 15) is 0 Å². The van der Waals surface area contributed by atoms with E-state index in [0.29, 0.717) is 6.42 Å². The molecule has 0 saturated heterocycles. The fourth-order valence-electron chi connectivity index (χ4n) is 0.773. The van der Waals surface area contributed by atoms with Gasteiger partial charge in [0.1, 0.15) is 0 Å². The predicted octanol–water partition coefficient (Wildman–Crippen LogP) is 2.77. The van der Waals surface area contributed by atoms with Crippen molar-refractivity contribution in [3.63, 3.8) is 0 Å². The molecule has 0 radical (unpaired) electrons. The molecular weight excluding hydrogens is 204 g/mol. The van der Waals surface area contributed by atoms with E-state index in [1.807, 2.05) is 21.6 Å². The van der Waals surface area contributed by atoms with Gasteiger partial charge in [-0.25, -0.2) is 0 Å². The van der Waals surface area contributed by atoms with E-state index in [0.717, 1.165) is 19.3 Å². The summed E-state index contributed by atoms with van der Waals surface area (Å²) in [5.74, 6) is 1.20. The second-order valence-electron chi connectivity index (χ2n) is 2.73. The third-order valence-corrected chi connectivity index (χ3v) is 3.37. The van der Waals surface area contributed by atoms with Crippen molar-refractivity contribution in [3.8, 4) is 0 Å². The molecule has 0 fully saturated rings. The fourth-order valence-corrected chi connectivity index (χ4v) is 2.34. The molecule has 0 unspecified atom stereocenters. The van der Waals surface area contributed by atoms with Gasteiger partial charge in [0.25, 0.3) is 0 Å². The fraction of sp³-hybridized carbons (Fsp3) is 0.778. The third-order valence-electron chi connectivity index (χ3n) is 1.45. The summed E-state index contributed by atoms with van der Waals surface area (Å²) in [6, 6.07) is 0. The molecule has 1 aliphatic rings. The highest BCUT2D eigenvalue weighted by Crippen LogP contribution is 2.27. The van der Waals surface area contributed by atoms with Crippen LogP contribution in [0, 0.1) is 0 Å². The molecule has 0 amide bonds. The standard InChI is InChI=1S/C6H14O2.C3H4S2/c1-2-3-4-5-6(7)8;1-2-4-5-3-1/h6-8H,2-5H2,1H3;1-2H,3H2. The highest BCUT2D eigenvalue weighted by Gasteiger charge is 1.93. The predicted molar refractivity (Wildman–Crippen MR) is 61.6 cm³/mol. The number of aliphatic hydroxyl groups is 2. The number of unbranched alkanes of at least 4 members (excludes halogenated alkanes) is 2. The van der Waals surface area contributed by atoms with E-state index in [4.69, 9.17) is 10.2 Å². The Morgan fingerprint density at radius 3 is 2.46 bits per heavy atom. The van der Waals surface area contributed by atoms with Gasteiger partial charge in [-0.2, -0.15) is 0 Å². The molecule has 1 heterocycles. The maximum Gasteiger partial charge on any atom is 0.151 e. The lowest BCUT2D eigenvalue weighted by molar-refractivity contribution is -0.0465. The van der Waals surface area contributed by atoms with Gasteiger partial charge in [-0.3, -0.25) is 0 Å². The summed E-state index contributed by atoms with van der Waals surface area (Å²) in [5.41, 5.74) is 0. The van der Waals surface area contributed by atoms with Crippen molar-refractivity contribution in [1.82, 2.24) is 0 Å². The first-order valence-electron chi connectivity index (χ1n) is 4.56. The molecular formula is C9H18O2S2. The van der Waals surface area contributed by atoms with Crippen molar-refractivity contribution in [2.24, 2.45) is 0 Å². The van der Waals surface area contributed by atoms with E-state index < -0.39 is 6.29 Å². The third kappa shape index (κ3) is 12.4. The number of hydrogen-bond donors (Lipinski definition) is 2. The Labute approximate surface area is 88.2 Å². The van der Waals surface area contributed by atoms with Gasteiger partial charge in [0.2, 0.25) is 0 Å². The lowest BCUT2D eigenvalue weighted by Gasteiger charge is -1.99. The Morgan fingerprint density at radius 1 is 1.38 bits per heavy atom. The molecule has 13 heavy (non-hydrogen) atoms. The molecule has 0 spiro atoms. The van der Waals surface area contributed by atoms with Crippen LogP contribution in [0.1, 0.15) is 32.6 Å². The summed E-state index contributed by atoms with van der Waals surface area (Å²) >= 11 is 0. The zero-order valence-corrected chi connectivity index (χ0v) is 9.61. The van der Waals surface area contributed by atoms with Gasteiger partial charge in [-0.05, 0) is 18.2 Å². The monoisotopic (exact) mass is 222 g/mol. The van der Waals surface area contributed by atoms with E-state index >= 15 is 0 Å². The van der Waals surface area contributed by atoms with Gasteiger partial charge in [-0.1, -0.05) is 47.4 Å². The molecule has 2 nitrogen and oxygen atoms in total. The van der Waals surface area contributed by atoms with Crippen LogP contribution in [-0.4, -0.2) is 22.3 Å². The number of aliphatic hydroxyl groups excluding tert-OH is 1. The number of hydrogen-bond acceptors (Lipinski definition) is 4. The van der Waals surface area contributed by atoms with Gasteiger partial charge >= 0.3 is 0 Å². The SMILES string of the molecule is C1=CSSC1.CCCCCC(O)O. The van der Waals surface area contributed by atoms with Crippen LogP contribution < -0.4 is 0 Å². The molecule has 2 N–H and O–H groups in total. The second-order valence-corrected chi connectivity index (χ2v) is 5.05. The minimum absolute atomic E-state index is 0.522. The van der Waals surface area contributed by atoms with Crippen molar-refractivity contribution in [3.05, 3.63) is 11.5 Å². The van der Waals surface area contributed by atoms with Crippen molar-refractivity contribution in [1.29, 1.82) is 0 Å².